The molecule has 0 aliphatic heterocycles. The van der Waals surface area contributed by atoms with Crippen LogP contribution < -0.4 is 0 Å². The summed E-state index contributed by atoms with van der Waals surface area (Å²) in [7, 11) is 0. The van der Waals surface area contributed by atoms with E-state index in [-0.39, 0.29) is 29.7 Å². The molecular weight excluding hydrogens is 631 g/mol. The molecule has 0 fully saturated rings. The molecule has 52 heavy (non-hydrogen) atoms. The Kier molecular flexibility index (Phi) is 5.28. The van der Waals surface area contributed by atoms with Gasteiger partial charge in [-0.2, -0.15) is 0 Å². The number of rotatable bonds is 4. The van der Waals surface area contributed by atoms with E-state index in [1.54, 1.807) is 0 Å². The fraction of sp³-hybridized carbons (Fsp3) is 0. The molecule has 0 N–H and O–H groups in total. The van der Waals surface area contributed by atoms with E-state index in [4.69, 9.17) is 11.3 Å². The maximum absolute atomic E-state index is 8.91. The molecule has 0 saturated carbocycles. The van der Waals surface area contributed by atoms with E-state index >= 15 is 0 Å². The second-order valence-electron chi connectivity index (χ2n) is 13.2. The van der Waals surface area contributed by atoms with Crippen molar-refractivity contribution in [2.75, 3.05) is 0 Å². The molecule has 0 amide bonds. The number of aromatic nitrogens is 1. The Morgan fingerprint density at radius 3 is 1.46 bits per heavy atom. The molecule has 242 valence electrons. The second-order valence-corrected chi connectivity index (χ2v) is 13.2. The van der Waals surface area contributed by atoms with Crippen molar-refractivity contribution in [3.63, 3.8) is 0 Å². The van der Waals surface area contributed by atoms with Gasteiger partial charge in [-0.25, -0.2) is 0 Å². The van der Waals surface area contributed by atoms with Gasteiger partial charge in [0.15, 0.2) is 0 Å². The Hall–Kier alpha value is -6.90. The van der Waals surface area contributed by atoms with Crippen LogP contribution in [0.25, 0.3) is 104 Å². The third kappa shape index (κ3) is 4.19. The predicted molar refractivity (Wildman–Crippen MR) is 219 cm³/mol. The van der Waals surface area contributed by atoms with Gasteiger partial charge in [-0.3, -0.25) is 0 Å². The Bertz CT molecular complexity index is 3330. The highest BCUT2D eigenvalue weighted by Gasteiger charge is 2.22. The number of para-hydroxylation sites is 3. The van der Waals surface area contributed by atoms with Crippen molar-refractivity contribution in [1.29, 1.82) is 0 Å². The van der Waals surface area contributed by atoms with E-state index in [1.165, 1.54) is 10.8 Å². The SMILES string of the molecule is [2H]c1c([2H])c([2H])c(-c2c3ccccc3c(-c3ccc(-c4ccc5oc6ccccc6c5c4-n4c5ccccc5c5ccccc54)cc3)c3ccccc23)c([2H])c1[2H]. The Morgan fingerprint density at radius 1 is 0.385 bits per heavy atom. The zero-order valence-corrected chi connectivity index (χ0v) is 27.9. The molecule has 2 heteroatoms. The molecule has 0 aliphatic carbocycles. The first kappa shape index (κ1) is 24.3. The smallest absolute Gasteiger partial charge is 0.137 e. The van der Waals surface area contributed by atoms with Crippen LogP contribution in [0.2, 0.25) is 0 Å². The fourth-order valence-corrected chi connectivity index (χ4v) is 8.33. The lowest BCUT2D eigenvalue weighted by molar-refractivity contribution is 0.669. The molecule has 2 nitrogen and oxygen atoms in total. The number of fused-ring (bicyclic) bond motifs is 8. The third-order valence-electron chi connectivity index (χ3n) is 10.5. The van der Waals surface area contributed by atoms with E-state index in [1.807, 2.05) is 48.5 Å². The summed E-state index contributed by atoms with van der Waals surface area (Å²) in [4.78, 5) is 0. The van der Waals surface area contributed by atoms with Crippen LogP contribution >= 0.6 is 0 Å². The number of hydrogen-bond donors (Lipinski definition) is 0. The lowest BCUT2D eigenvalue weighted by Crippen LogP contribution is -1.98. The molecule has 0 unspecified atom stereocenters. The summed E-state index contributed by atoms with van der Waals surface area (Å²) in [5.41, 5.74) is 9.93. The van der Waals surface area contributed by atoms with E-state index in [9.17, 15) is 0 Å². The van der Waals surface area contributed by atoms with Crippen molar-refractivity contribution in [1.82, 2.24) is 4.57 Å². The van der Waals surface area contributed by atoms with Gasteiger partial charge in [0.2, 0.25) is 0 Å². The van der Waals surface area contributed by atoms with Gasteiger partial charge in [0.1, 0.15) is 11.2 Å². The van der Waals surface area contributed by atoms with E-state index in [2.05, 4.69) is 114 Å². The van der Waals surface area contributed by atoms with Gasteiger partial charge in [-0.05, 0) is 79.7 Å². The van der Waals surface area contributed by atoms with Crippen molar-refractivity contribution < 1.29 is 11.3 Å². The van der Waals surface area contributed by atoms with Crippen molar-refractivity contribution in [3.8, 4) is 39.1 Å². The largest absolute Gasteiger partial charge is 0.456 e. The number of benzene rings is 9. The molecule has 11 rings (SSSR count). The highest BCUT2D eigenvalue weighted by Crippen LogP contribution is 2.46. The van der Waals surface area contributed by atoms with Gasteiger partial charge in [0.05, 0.1) is 29.0 Å². The summed E-state index contributed by atoms with van der Waals surface area (Å²) in [6.45, 7) is 0. The molecule has 0 bridgehead atoms. The number of furan rings is 1. The van der Waals surface area contributed by atoms with Gasteiger partial charge in [-0.15, -0.1) is 0 Å². The average molecular weight is 667 g/mol. The van der Waals surface area contributed by atoms with E-state index < -0.39 is 6.04 Å². The Balaban J connectivity index is 1.17. The predicted octanol–water partition coefficient (Wildman–Crippen LogP) is 14.0. The summed E-state index contributed by atoms with van der Waals surface area (Å²) < 4.78 is 51.9. The van der Waals surface area contributed by atoms with E-state index in [0.717, 1.165) is 82.5 Å². The lowest BCUT2D eigenvalue weighted by Gasteiger charge is -2.18. The van der Waals surface area contributed by atoms with Crippen molar-refractivity contribution in [2.24, 2.45) is 0 Å². The first-order valence-electron chi connectivity index (χ1n) is 19.9. The van der Waals surface area contributed by atoms with Gasteiger partial charge in [-0.1, -0.05) is 158 Å². The number of nitrogens with zero attached hydrogens (tertiary/aromatic N) is 1. The summed E-state index contributed by atoms with van der Waals surface area (Å²) >= 11 is 0. The van der Waals surface area contributed by atoms with Gasteiger partial charge in [0.25, 0.3) is 0 Å². The Morgan fingerprint density at radius 2 is 0.865 bits per heavy atom. The van der Waals surface area contributed by atoms with Crippen LogP contribution in [-0.4, -0.2) is 4.57 Å². The molecular formula is C50H31NO. The molecule has 9 aromatic carbocycles. The van der Waals surface area contributed by atoms with Crippen LogP contribution in [0.15, 0.2) is 192 Å². The maximum Gasteiger partial charge on any atom is 0.137 e. The highest BCUT2D eigenvalue weighted by atomic mass is 16.3. The van der Waals surface area contributed by atoms with Crippen LogP contribution in [0.1, 0.15) is 6.85 Å². The van der Waals surface area contributed by atoms with Crippen molar-refractivity contribution in [2.45, 2.75) is 0 Å². The molecule has 0 radical (unpaired) electrons. The second kappa shape index (κ2) is 11.3. The zero-order valence-electron chi connectivity index (χ0n) is 32.9. The zero-order chi connectivity index (χ0) is 38.5. The monoisotopic (exact) mass is 666 g/mol. The first-order chi connectivity index (χ1) is 27.9. The van der Waals surface area contributed by atoms with Crippen molar-refractivity contribution >= 4 is 65.3 Å². The van der Waals surface area contributed by atoms with E-state index in [0.29, 0.717) is 5.56 Å². The molecule has 0 saturated heterocycles. The summed E-state index contributed by atoms with van der Waals surface area (Å²) in [6.07, 6.45) is 0. The summed E-state index contributed by atoms with van der Waals surface area (Å²) in [6, 6.07) is 52.7. The van der Waals surface area contributed by atoms with Crippen LogP contribution in [-0.2, 0) is 0 Å². The summed E-state index contributed by atoms with van der Waals surface area (Å²) in [5.74, 6) is 0. The molecule has 2 heterocycles. The average Bonchev–Trinajstić information content (AvgIpc) is 3.81. The topological polar surface area (TPSA) is 18.1 Å². The molecule has 0 atom stereocenters. The van der Waals surface area contributed by atoms with Crippen LogP contribution in [0, 0.1) is 0 Å². The minimum atomic E-state index is -0.402. The lowest BCUT2D eigenvalue weighted by atomic mass is 9.85. The normalized spacial score (nSPS) is 13.2. The molecule has 0 spiro atoms. The van der Waals surface area contributed by atoms with Crippen LogP contribution in [0.5, 0.6) is 0 Å². The third-order valence-corrected chi connectivity index (χ3v) is 10.5. The van der Waals surface area contributed by atoms with Gasteiger partial charge >= 0.3 is 0 Å². The molecule has 0 aliphatic rings. The first-order valence-corrected chi connectivity index (χ1v) is 17.4. The van der Waals surface area contributed by atoms with Gasteiger partial charge < -0.3 is 8.98 Å². The summed E-state index contributed by atoms with van der Waals surface area (Å²) in [5, 5.41) is 7.99. The molecule has 2 aromatic heterocycles. The fourth-order valence-electron chi connectivity index (χ4n) is 8.33. The maximum atomic E-state index is 8.91. The Labute approximate surface area is 307 Å². The van der Waals surface area contributed by atoms with Crippen molar-refractivity contribution in [3.05, 3.63) is 188 Å². The number of hydrogen-bond acceptors (Lipinski definition) is 1. The van der Waals surface area contributed by atoms with Gasteiger partial charge in [0, 0.05) is 21.7 Å². The highest BCUT2D eigenvalue weighted by molar-refractivity contribution is 6.22. The van der Waals surface area contributed by atoms with Crippen LogP contribution in [0.3, 0.4) is 0 Å². The van der Waals surface area contributed by atoms with Crippen LogP contribution in [0.4, 0.5) is 0 Å². The standard InChI is InChI=1S/C50H31NO/c1-2-14-33(15-3-1)47-38-18-4-6-20-40(38)48(41-21-7-5-19-39(41)47)34-28-26-32(27-29-34)35-30-31-46-49(42-22-10-13-25-45(42)52-46)50(35)51-43-23-11-8-16-36(43)37-17-9-12-24-44(37)51/h1-31H/i1D,2D,3D,14D,15D. The molecule has 11 aromatic rings. The minimum Gasteiger partial charge on any atom is -0.456 e. The minimum absolute atomic E-state index is 0.204. The quantitative estimate of drug-likeness (QED) is 0.171.